The zero-order valence-corrected chi connectivity index (χ0v) is 16.9. The van der Waals surface area contributed by atoms with Crippen LogP contribution in [0.15, 0.2) is 53.4 Å². The fraction of sp³-hybridized carbons (Fsp3) is 0.429. The molecule has 0 fully saturated rings. The van der Waals surface area contributed by atoms with Crippen molar-refractivity contribution in [1.82, 2.24) is 9.21 Å². The van der Waals surface area contributed by atoms with Crippen LogP contribution in [0, 0.1) is 0 Å². The van der Waals surface area contributed by atoms with Crippen molar-refractivity contribution >= 4 is 10.0 Å². The highest BCUT2D eigenvalue weighted by Crippen LogP contribution is 2.24. The molecule has 0 radical (unpaired) electrons. The number of sulfonamides is 1. The largest absolute Gasteiger partial charge is 0.497 e. The Bertz CT molecular complexity index is 853. The Morgan fingerprint density at radius 1 is 1.11 bits per heavy atom. The van der Waals surface area contributed by atoms with E-state index in [1.54, 1.807) is 35.7 Å². The van der Waals surface area contributed by atoms with Crippen molar-refractivity contribution in [3.8, 4) is 5.75 Å². The van der Waals surface area contributed by atoms with Crippen LogP contribution in [0.5, 0.6) is 5.75 Å². The Kier molecular flexibility index (Phi) is 6.52. The molecule has 3 rings (SSSR count). The highest BCUT2D eigenvalue weighted by atomic mass is 32.2. The third-order valence-electron chi connectivity index (χ3n) is 5.12. The van der Waals surface area contributed by atoms with E-state index in [4.69, 9.17) is 4.74 Å². The number of hydrogen-bond donors (Lipinski definition) is 0. The van der Waals surface area contributed by atoms with Gasteiger partial charge in [0.25, 0.3) is 0 Å². The summed E-state index contributed by atoms with van der Waals surface area (Å²) in [5, 5.41) is 0. The van der Waals surface area contributed by atoms with Gasteiger partial charge in [-0.1, -0.05) is 31.2 Å². The van der Waals surface area contributed by atoms with Crippen LogP contribution >= 0.6 is 0 Å². The molecule has 1 aliphatic heterocycles. The van der Waals surface area contributed by atoms with E-state index in [1.165, 1.54) is 11.1 Å². The fourth-order valence-electron chi connectivity index (χ4n) is 3.57. The fourth-order valence-corrected chi connectivity index (χ4v) is 5.07. The summed E-state index contributed by atoms with van der Waals surface area (Å²) in [5.41, 5.74) is 2.69. The van der Waals surface area contributed by atoms with Crippen molar-refractivity contribution in [2.75, 3.05) is 33.3 Å². The van der Waals surface area contributed by atoms with Gasteiger partial charge in [0.05, 0.1) is 12.0 Å². The highest BCUT2D eigenvalue weighted by Gasteiger charge is 2.23. The van der Waals surface area contributed by atoms with Gasteiger partial charge in [-0.2, -0.15) is 4.31 Å². The quantitative estimate of drug-likeness (QED) is 0.697. The van der Waals surface area contributed by atoms with Gasteiger partial charge < -0.3 is 4.74 Å². The van der Waals surface area contributed by atoms with E-state index in [-0.39, 0.29) is 0 Å². The molecule has 2 aromatic rings. The van der Waals surface area contributed by atoms with Crippen molar-refractivity contribution < 1.29 is 13.2 Å². The molecule has 27 heavy (non-hydrogen) atoms. The summed E-state index contributed by atoms with van der Waals surface area (Å²) in [7, 11) is -1.72. The van der Waals surface area contributed by atoms with Gasteiger partial charge in [-0.05, 0) is 54.8 Å². The monoisotopic (exact) mass is 388 g/mol. The summed E-state index contributed by atoms with van der Waals surface area (Å²) in [5.74, 6) is 0.909. The topological polar surface area (TPSA) is 49.9 Å². The lowest BCUT2D eigenvalue weighted by Gasteiger charge is -2.29. The molecule has 1 heterocycles. The van der Waals surface area contributed by atoms with E-state index in [0.29, 0.717) is 18.0 Å². The summed E-state index contributed by atoms with van der Waals surface area (Å²) >= 11 is 0. The van der Waals surface area contributed by atoms with E-state index in [2.05, 4.69) is 17.0 Å². The molecular weight excluding hydrogens is 360 g/mol. The summed E-state index contributed by atoms with van der Waals surface area (Å²) in [6, 6.07) is 15.0. The Balaban J connectivity index is 1.56. The molecule has 0 N–H and O–H groups in total. The number of benzene rings is 2. The summed E-state index contributed by atoms with van der Waals surface area (Å²) in [6.45, 7) is 5.73. The molecule has 0 saturated carbocycles. The number of fused-ring (bicyclic) bond motifs is 1. The Labute approximate surface area is 162 Å². The van der Waals surface area contributed by atoms with Crippen molar-refractivity contribution in [1.29, 1.82) is 0 Å². The lowest BCUT2D eigenvalue weighted by Crippen LogP contribution is -2.36. The van der Waals surface area contributed by atoms with Crippen LogP contribution in [-0.2, 0) is 23.0 Å². The third kappa shape index (κ3) is 4.69. The molecule has 1 aliphatic rings. The zero-order chi connectivity index (χ0) is 19.3. The first-order valence-corrected chi connectivity index (χ1v) is 10.9. The van der Waals surface area contributed by atoms with Gasteiger partial charge in [-0.15, -0.1) is 0 Å². The Morgan fingerprint density at radius 2 is 1.89 bits per heavy atom. The molecule has 2 aromatic carbocycles. The van der Waals surface area contributed by atoms with Crippen molar-refractivity contribution in [2.45, 2.75) is 31.2 Å². The second kappa shape index (κ2) is 8.87. The van der Waals surface area contributed by atoms with Crippen LogP contribution in [0.2, 0.25) is 0 Å². The molecule has 0 spiro atoms. The van der Waals surface area contributed by atoms with E-state index >= 15 is 0 Å². The minimum Gasteiger partial charge on any atom is -0.497 e. The average Bonchev–Trinajstić information content (AvgIpc) is 2.71. The molecule has 0 unspecified atom stereocenters. The first kappa shape index (κ1) is 19.9. The van der Waals surface area contributed by atoms with Crippen molar-refractivity contribution in [3.63, 3.8) is 0 Å². The number of nitrogens with zero attached hydrogens (tertiary/aromatic N) is 2. The van der Waals surface area contributed by atoms with E-state index in [1.807, 2.05) is 19.1 Å². The van der Waals surface area contributed by atoms with Crippen molar-refractivity contribution in [3.05, 3.63) is 59.7 Å². The SMILES string of the molecule is CCN(CCCN1CCc2cc(OC)ccc2C1)S(=O)(=O)c1ccccc1. The van der Waals surface area contributed by atoms with E-state index in [0.717, 1.165) is 38.2 Å². The molecule has 0 atom stereocenters. The standard InChI is InChI=1S/C21H28N2O3S/c1-3-23(27(24,25)21-8-5-4-6-9-21)14-7-13-22-15-12-18-16-20(26-2)11-10-19(18)17-22/h4-6,8-11,16H,3,7,12-15,17H2,1-2H3. The highest BCUT2D eigenvalue weighted by molar-refractivity contribution is 7.89. The van der Waals surface area contributed by atoms with Gasteiger partial charge >= 0.3 is 0 Å². The predicted octanol–water partition coefficient (Wildman–Crippen LogP) is 3.15. The molecule has 6 heteroatoms. The minimum absolute atomic E-state index is 0.368. The molecule has 0 saturated heterocycles. The normalized spacial score (nSPS) is 14.9. The smallest absolute Gasteiger partial charge is 0.243 e. The molecule has 5 nitrogen and oxygen atoms in total. The molecule has 146 valence electrons. The first-order valence-electron chi connectivity index (χ1n) is 9.48. The van der Waals surface area contributed by atoms with Gasteiger partial charge in [-0.25, -0.2) is 8.42 Å². The summed E-state index contributed by atoms with van der Waals surface area (Å²) < 4.78 is 32.4. The first-order chi connectivity index (χ1) is 13.0. The maximum atomic E-state index is 12.8. The number of ether oxygens (including phenoxy) is 1. The molecular formula is C21H28N2O3S. The van der Waals surface area contributed by atoms with Crippen LogP contribution in [-0.4, -0.2) is 50.9 Å². The lowest BCUT2D eigenvalue weighted by molar-refractivity contribution is 0.242. The van der Waals surface area contributed by atoms with Gasteiger partial charge in [0, 0.05) is 26.2 Å². The average molecular weight is 389 g/mol. The van der Waals surface area contributed by atoms with Crippen LogP contribution in [0.3, 0.4) is 0 Å². The minimum atomic E-state index is -3.41. The predicted molar refractivity (Wildman–Crippen MR) is 107 cm³/mol. The van der Waals surface area contributed by atoms with Gasteiger partial charge in [-0.3, -0.25) is 4.90 Å². The second-order valence-electron chi connectivity index (χ2n) is 6.82. The van der Waals surface area contributed by atoms with Gasteiger partial charge in [0.1, 0.15) is 5.75 Å². The maximum absolute atomic E-state index is 12.8. The second-order valence-corrected chi connectivity index (χ2v) is 8.76. The van der Waals surface area contributed by atoms with Gasteiger partial charge in [0.2, 0.25) is 10.0 Å². The summed E-state index contributed by atoms with van der Waals surface area (Å²) in [4.78, 5) is 2.77. The van der Waals surface area contributed by atoms with Crippen LogP contribution in [0.25, 0.3) is 0 Å². The molecule has 0 bridgehead atoms. The van der Waals surface area contributed by atoms with Crippen molar-refractivity contribution in [2.24, 2.45) is 0 Å². The number of rotatable bonds is 8. The third-order valence-corrected chi connectivity index (χ3v) is 7.11. The van der Waals surface area contributed by atoms with Crippen LogP contribution in [0.4, 0.5) is 0 Å². The molecule has 0 aliphatic carbocycles. The number of methoxy groups -OCH3 is 1. The molecule has 0 aromatic heterocycles. The lowest BCUT2D eigenvalue weighted by atomic mass is 9.99. The number of hydrogen-bond acceptors (Lipinski definition) is 4. The summed E-state index contributed by atoms with van der Waals surface area (Å²) in [6.07, 6.45) is 1.83. The maximum Gasteiger partial charge on any atom is 0.243 e. The zero-order valence-electron chi connectivity index (χ0n) is 16.1. The van der Waals surface area contributed by atoms with Crippen LogP contribution in [0.1, 0.15) is 24.5 Å². The molecule has 0 amide bonds. The Hall–Kier alpha value is -1.89. The van der Waals surface area contributed by atoms with Crippen LogP contribution < -0.4 is 4.74 Å². The van der Waals surface area contributed by atoms with E-state index in [9.17, 15) is 8.42 Å². The van der Waals surface area contributed by atoms with Gasteiger partial charge in [0.15, 0.2) is 0 Å². The Morgan fingerprint density at radius 3 is 2.59 bits per heavy atom. The van der Waals surface area contributed by atoms with E-state index < -0.39 is 10.0 Å².